The number of imidazole rings is 1. The lowest BCUT2D eigenvalue weighted by Gasteiger charge is -2.37. The normalized spacial score (nSPS) is 17.0. The number of carbonyl (C=O) groups excluding carboxylic acids is 1. The lowest BCUT2D eigenvalue weighted by molar-refractivity contribution is -0.0134. The van der Waals surface area contributed by atoms with Crippen molar-refractivity contribution in [3.8, 4) is 11.4 Å². The largest absolute Gasteiger partial charge is 0.490 e. The van der Waals surface area contributed by atoms with E-state index < -0.39 is 29.4 Å². The van der Waals surface area contributed by atoms with Gasteiger partial charge in [-0.25, -0.2) is 14.4 Å². The molecule has 1 unspecified atom stereocenters. The second-order valence-electron chi connectivity index (χ2n) is 10.9. The van der Waals surface area contributed by atoms with Crippen LogP contribution in [0.3, 0.4) is 0 Å². The topological polar surface area (TPSA) is 112 Å². The fraction of sp³-hybridized carbons (Fsp3) is 0.414. The number of benzene rings is 2. The van der Waals surface area contributed by atoms with Crippen LogP contribution in [0.15, 0.2) is 59.4 Å². The Hall–Kier alpha value is -4.05. The maximum Gasteiger partial charge on any atom is 0.411 e. The molecule has 0 radical (unpaired) electrons. The monoisotopic (exact) mass is 535 g/mol. The van der Waals surface area contributed by atoms with Gasteiger partial charge < -0.3 is 19.3 Å². The summed E-state index contributed by atoms with van der Waals surface area (Å²) in [4.78, 5) is 40.8. The summed E-state index contributed by atoms with van der Waals surface area (Å²) in [5.41, 5.74) is 0.181. The number of carboxylic acids is 1. The number of carboxylic acid groups (broad SMARTS) is 1. The molecule has 2 aromatic carbocycles. The van der Waals surface area contributed by atoms with Gasteiger partial charge in [-0.2, -0.15) is 0 Å². The fourth-order valence-electron chi connectivity index (χ4n) is 4.61. The van der Waals surface area contributed by atoms with Gasteiger partial charge in [-0.1, -0.05) is 30.3 Å². The zero-order valence-corrected chi connectivity index (χ0v) is 22.3. The number of fused-ring (bicyclic) bond motifs is 1. The van der Waals surface area contributed by atoms with E-state index in [1.807, 2.05) is 30.3 Å². The van der Waals surface area contributed by atoms with Crippen LogP contribution in [0, 0.1) is 0 Å². The molecule has 1 aromatic heterocycles. The molecule has 0 saturated heterocycles. The summed E-state index contributed by atoms with van der Waals surface area (Å²) in [6.07, 6.45) is 1.65. The van der Waals surface area contributed by atoms with Gasteiger partial charge in [0.2, 0.25) is 0 Å². The zero-order valence-electron chi connectivity index (χ0n) is 22.3. The molecule has 0 spiro atoms. The number of nitrogens with zero attached hydrogens (tertiary/aromatic N) is 3. The van der Waals surface area contributed by atoms with Crippen molar-refractivity contribution in [2.24, 2.45) is 0 Å². The number of ether oxygens (including phenoxy) is 3. The van der Waals surface area contributed by atoms with Crippen molar-refractivity contribution in [3.63, 3.8) is 0 Å². The standard InChI is InChI=1S/C29H33N3O7/c1-29(2,3)39-28(36)30-16-24-25(26(33)34)32(20-9-11-22(12-10-20)38-23-13-14-23)27(35)31(24)15-21(30)18-37-17-19-7-5-4-6-8-19/h4-12,21,23H,13-18H2,1-3H3,(H,33,34). The highest BCUT2D eigenvalue weighted by Crippen LogP contribution is 2.29. The van der Waals surface area contributed by atoms with Gasteiger partial charge in [0, 0.05) is 0 Å². The Bertz CT molecular complexity index is 1400. The quantitative estimate of drug-likeness (QED) is 0.460. The van der Waals surface area contributed by atoms with Crippen molar-refractivity contribution < 1.29 is 28.9 Å². The summed E-state index contributed by atoms with van der Waals surface area (Å²) < 4.78 is 20.0. The molecule has 2 aliphatic rings. The molecular formula is C29H33N3O7. The summed E-state index contributed by atoms with van der Waals surface area (Å²) in [5, 5.41) is 10.2. The van der Waals surface area contributed by atoms with Crippen molar-refractivity contribution >= 4 is 12.1 Å². The molecule has 1 fully saturated rings. The van der Waals surface area contributed by atoms with Crippen LogP contribution in [0.2, 0.25) is 0 Å². The van der Waals surface area contributed by atoms with Gasteiger partial charge in [-0.3, -0.25) is 14.0 Å². The summed E-state index contributed by atoms with van der Waals surface area (Å²) >= 11 is 0. The first-order valence-electron chi connectivity index (χ1n) is 13.1. The summed E-state index contributed by atoms with van der Waals surface area (Å²) in [6, 6.07) is 15.9. The SMILES string of the molecule is CC(C)(C)OC(=O)N1Cc2c(C(=O)O)n(-c3ccc(OC4CC4)cc3)c(=O)n2CC1COCc1ccccc1. The van der Waals surface area contributed by atoms with Gasteiger partial charge in [0.1, 0.15) is 11.4 Å². The number of hydrogen-bond acceptors (Lipinski definition) is 6. The van der Waals surface area contributed by atoms with E-state index in [-0.39, 0.29) is 37.2 Å². The number of hydrogen-bond donors (Lipinski definition) is 1. The molecular weight excluding hydrogens is 502 g/mol. The molecule has 2 heterocycles. The van der Waals surface area contributed by atoms with Crippen LogP contribution >= 0.6 is 0 Å². The van der Waals surface area contributed by atoms with E-state index in [2.05, 4.69) is 0 Å². The third-order valence-corrected chi connectivity index (χ3v) is 6.57. The first-order valence-corrected chi connectivity index (χ1v) is 13.1. The lowest BCUT2D eigenvalue weighted by Crippen LogP contribution is -2.51. The molecule has 5 rings (SSSR count). The number of rotatable bonds is 8. The third-order valence-electron chi connectivity index (χ3n) is 6.57. The number of aromatic carboxylic acids is 1. The molecule has 1 saturated carbocycles. The Morgan fingerprint density at radius 2 is 1.72 bits per heavy atom. The van der Waals surface area contributed by atoms with Gasteiger partial charge in [0.05, 0.1) is 49.8 Å². The molecule has 0 bridgehead atoms. The molecule has 1 amide bonds. The Kier molecular flexibility index (Phi) is 7.22. The Labute approximate surface area is 226 Å². The van der Waals surface area contributed by atoms with Gasteiger partial charge in [0.15, 0.2) is 5.69 Å². The highest BCUT2D eigenvalue weighted by atomic mass is 16.6. The minimum atomic E-state index is -1.26. The van der Waals surface area contributed by atoms with Crippen LogP contribution in [0.5, 0.6) is 5.75 Å². The lowest BCUT2D eigenvalue weighted by atomic mass is 10.1. The highest BCUT2D eigenvalue weighted by molar-refractivity contribution is 5.88. The van der Waals surface area contributed by atoms with Gasteiger partial charge in [0.25, 0.3) is 0 Å². The summed E-state index contributed by atoms with van der Waals surface area (Å²) in [5.74, 6) is -0.594. The van der Waals surface area contributed by atoms with Crippen molar-refractivity contribution in [3.05, 3.63) is 82.0 Å². The predicted octanol–water partition coefficient (Wildman–Crippen LogP) is 4.21. The number of carbonyl (C=O) groups is 2. The smallest absolute Gasteiger partial charge is 0.411 e. The van der Waals surface area contributed by atoms with Crippen molar-refractivity contribution in [2.45, 2.75) is 71.1 Å². The molecule has 1 N–H and O–H groups in total. The Morgan fingerprint density at radius 3 is 2.33 bits per heavy atom. The van der Waals surface area contributed by atoms with Crippen molar-refractivity contribution in [1.29, 1.82) is 0 Å². The average molecular weight is 536 g/mol. The van der Waals surface area contributed by atoms with E-state index in [0.29, 0.717) is 18.0 Å². The average Bonchev–Trinajstić information content (AvgIpc) is 3.66. The maximum atomic E-state index is 13.6. The van der Waals surface area contributed by atoms with E-state index >= 15 is 0 Å². The first kappa shape index (κ1) is 26.6. The molecule has 3 aromatic rings. The van der Waals surface area contributed by atoms with Gasteiger partial charge >= 0.3 is 17.8 Å². The van der Waals surface area contributed by atoms with Crippen molar-refractivity contribution in [2.75, 3.05) is 6.61 Å². The number of aromatic nitrogens is 2. The van der Waals surface area contributed by atoms with E-state index in [9.17, 15) is 19.5 Å². The van der Waals surface area contributed by atoms with Crippen LogP contribution in [-0.4, -0.2) is 55.6 Å². The van der Waals surface area contributed by atoms with Crippen LogP contribution < -0.4 is 10.4 Å². The molecule has 1 atom stereocenters. The van der Waals surface area contributed by atoms with E-state index in [0.717, 1.165) is 18.4 Å². The second kappa shape index (κ2) is 10.6. The fourth-order valence-corrected chi connectivity index (χ4v) is 4.61. The Morgan fingerprint density at radius 1 is 1.03 bits per heavy atom. The molecule has 206 valence electrons. The third kappa shape index (κ3) is 6.01. The molecule has 10 heteroatoms. The van der Waals surface area contributed by atoms with Crippen LogP contribution in [0.25, 0.3) is 5.69 Å². The molecule has 1 aliphatic heterocycles. The zero-order chi connectivity index (χ0) is 27.7. The molecule has 1 aliphatic carbocycles. The maximum absolute atomic E-state index is 13.6. The van der Waals surface area contributed by atoms with Crippen LogP contribution in [0.4, 0.5) is 4.79 Å². The van der Waals surface area contributed by atoms with E-state index in [1.54, 1.807) is 45.0 Å². The first-order chi connectivity index (χ1) is 18.6. The summed E-state index contributed by atoms with van der Waals surface area (Å²) in [7, 11) is 0. The minimum absolute atomic E-state index is 0.0678. The van der Waals surface area contributed by atoms with Crippen LogP contribution in [-0.2, 0) is 29.2 Å². The van der Waals surface area contributed by atoms with Gasteiger partial charge in [-0.15, -0.1) is 0 Å². The molecule has 39 heavy (non-hydrogen) atoms. The Balaban J connectivity index is 1.47. The van der Waals surface area contributed by atoms with E-state index in [1.165, 1.54) is 14.0 Å². The number of amides is 1. The van der Waals surface area contributed by atoms with Crippen molar-refractivity contribution in [1.82, 2.24) is 14.0 Å². The summed E-state index contributed by atoms with van der Waals surface area (Å²) in [6.45, 7) is 5.72. The van der Waals surface area contributed by atoms with Gasteiger partial charge in [-0.05, 0) is 63.4 Å². The van der Waals surface area contributed by atoms with Crippen LogP contribution in [0.1, 0.15) is 55.4 Å². The highest BCUT2D eigenvalue weighted by Gasteiger charge is 2.38. The molecule has 10 nitrogen and oxygen atoms in total. The van der Waals surface area contributed by atoms with E-state index in [4.69, 9.17) is 14.2 Å². The second-order valence-corrected chi connectivity index (χ2v) is 10.9. The minimum Gasteiger partial charge on any atom is -0.490 e. The predicted molar refractivity (Wildman–Crippen MR) is 142 cm³/mol.